The van der Waals surface area contributed by atoms with Gasteiger partial charge in [-0.15, -0.1) is 0 Å². The molecule has 8 aliphatic rings. The Labute approximate surface area is 229 Å². The Balaban J connectivity index is 1.26. The third kappa shape index (κ3) is 1.88. The first-order valence-corrected chi connectivity index (χ1v) is 14.1. The fourth-order valence-electron chi connectivity index (χ4n) is 12.4. The second-order valence-electron chi connectivity index (χ2n) is 13.0. The van der Waals surface area contributed by atoms with E-state index in [0.29, 0.717) is 6.42 Å². The molecule has 0 spiro atoms. The van der Waals surface area contributed by atoms with E-state index >= 15 is 0 Å². The maximum absolute atomic E-state index is 14.1. The fraction of sp³-hybridized carbons (Fsp3) is 0.667. The molecule has 3 aliphatic heterocycles. The second kappa shape index (κ2) is 6.73. The predicted molar refractivity (Wildman–Crippen MR) is 130 cm³/mol. The van der Waals surface area contributed by atoms with E-state index in [1.165, 1.54) is 39.6 Å². The standard InChI is InChI=1S/C30H30O10/c1-35-23(31)27-17-13-9-14(12-8-6-5-7-11(12)13)18(17)28(39-27,24(32)36-2)20-16-10-15(19(20)27)21-22(16)30(26(34)38-4)29(21,40-30)25(33)37-3/h5-8,13-22H,9-10H2,1-4H3/t13-,14+,15-,16+,17-,18+,19+,20-,21-,22+,27-,28+,29-,30+. The minimum atomic E-state index is -1.44. The number of benzene rings is 1. The highest BCUT2D eigenvalue weighted by atomic mass is 16.7. The van der Waals surface area contributed by atoms with Gasteiger partial charge in [-0.25, -0.2) is 19.2 Å². The predicted octanol–water partition coefficient (Wildman–Crippen LogP) is 1.35. The Kier molecular flexibility index (Phi) is 3.99. The number of hydrogen-bond donors (Lipinski definition) is 0. The van der Waals surface area contributed by atoms with Gasteiger partial charge in [0.25, 0.3) is 0 Å². The molecule has 210 valence electrons. The summed E-state index contributed by atoms with van der Waals surface area (Å²) < 4.78 is 34.4. The first-order valence-electron chi connectivity index (χ1n) is 14.1. The van der Waals surface area contributed by atoms with Crippen molar-refractivity contribution in [1.29, 1.82) is 0 Å². The van der Waals surface area contributed by atoms with Crippen LogP contribution in [0.5, 0.6) is 0 Å². The Hall–Kier alpha value is -2.98. The summed E-state index contributed by atoms with van der Waals surface area (Å²) in [6.45, 7) is 0. The van der Waals surface area contributed by atoms with Gasteiger partial charge in [-0.1, -0.05) is 24.3 Å². The van der Waals surface area contributed by atoms with Crippen LogP contribution >= 0.6 is 0 Å². The highest BCUT2D eigenvalue weighted by Gasteiger charge is 3.03. The molecule has 10 heteroatoms. The van der Waals surface area contributed by atoms with E-state index in [0.717, 1.165) is 6.42 Å². The maximum atomic E-state index is 14.1. The van der Waals surface area contributed by atoms with Crippen molar-refractivity contribution in [3.05, 3.63) is 35.4 Å². The lowest BCUT2D eigenvalue weighted by atomic mass is 9.41. The fourth-order valence-corrected chi connectivity index (χ4v) is 12.4. The number of carbonyl (C=O) groups excluding carboxylic acids is 4. The van der Waals surface area contributed by atoms with Crippen LogP contribution in [-0.4, -0.2) is 74.7 Å². The van der Waals surface area contributed by atoms with E-state index in [2.05, 4.69) is 12.1 Å². The van der Waals surface area contributed by atoms with Crippen molar-refractivity contribution in [2.45, 2.75) is 47.1 Å². The normalized spacial score (nSPS) is 53.4. The van der Waals surface area contributed by atoms with Gasteiger partial charge in [0.15, 0.2) is 11.2 Å². The van der Waals surface area contributed by atoms with E-state index in [-0.39, 0.29) is 59.2 Å². The number of esters is 4. The Morgan fingerprint density at radius 3 is 1.43 bits per heavy atom. The number of hydrogen-bond acceptors (Lipinski definition) is 10. The quantitative estimate of drug-likeness (QED) is 0.235. The average Bonchev–Trinajstić information content (AvgIpc) is 3.66. The molecule has 3 heterocycles. The van der Waals surface area contributed by atoms with Crippen molar-refractivity contribution in [2.24, 2.45) is 47.3 Å². The van der Waals surface area contributed by atoms with Crippen molar-refractivity contribution in [1.82, 2.24) is 0 Å². The van der Waals surface area contributed by atoms with Gasteiger partial charge in [-0.3, -0.25) is 0 Å². The smallest absolute Gasteiger partial charge is 0.342 e. The largest absolute Gasteiger partial charge is 0.467 e. The number of methoxy groups -OCH3 is 4. The van der Waals surface area contributed by atoms with Gasteiger partial charge in [-0.05, 0) is 47.6 Å². The van der Waals surface area contributed by atoms with Crippen LogP contribution in [0.2, 0.25) is 0 Å². The number of fused-ring (bicyclic) bond motifs is 25. The van der Waals surface area contributed by atoms with E-state index in [4.69, 9.17) is 28.4 Å². The lowest BCUT2D eigenvalue weighted by Gasteiger charge is -2.56. The van der Waals surface area contributed by atoms with Gasteiger partial charge in [0.05, 0.1) is 28.4 Å². The first kappa shape index (κ1) is 23.7. The minimum absolute atomic E-state index is 0.0370. The molecule has 40 heavy (non-hydrogen) atoms. The topological polar surface area (TPSA) is 127 Å². The Bertz CT molecular complexity index is 1350. The van der Waals surface area contributed by atoms with Crippen LogP contribution in [0.15, 0.2) is 24.3 Å². The molecule has 7 fully saturated rings. The maximum Gasteiger partial charge on any atom is 0.342 e. The summed E-state index contributed by atoms with van der Waals surface area (Å²) in [7, 11) is 5.29. The molecule has 4 saturated carbocycles. The van der Waals surface area contributed by atoms with Crippen LogP contribution in [0.4, 0.5) is 0 Å². The van der Waals surface area contributed by atoms with Crippen molar-refractivity contribution < 1.29 is 47.6 Å². The van der Waals surface area contributed by atoms with Crippen molar-refractivity contribution in [3.8, 4) is 0 Å². The molecule has 0 N–H and O–H groups in total. The third-order valence-corrected chi connectivity index (χ3v) is 12.8. The summed E-state index contributed by atoms with van der Waals surface area (Å²) in [6, 6.07) is 8.26. The molecule has 10 nitrogen and oxygen atoms in total. The van der Waals surface area contributed by atoms with E-state index in [1.807, 2.05) is 12.1 Å². The highest BCUT2D eigenvalue weighted by molar-refractivity contribution is 6.02. The monoisotopic (exact) mass is 550 g/mol. The average molecular weight is 551 g/mol. The van der Waals surface area contributed by atoms with Crippen molar-refractivity contribution >= 4 is 23.9 Å². The van der Waals surface area contributed by atoms with Crippen LogP contribution in [0.25, 0.3) is 0 Å². The number of epoxide rings is 1. The van der Waals surface area contributed by atoms with Crippen LogP contribution in [0.1, 0.15) is 35.8 Å². The third-order valence-electron chi connectivity index (χ3n) is 12.8. The van der Waals surface area contributed by atoms with Gasteiger partial charge in [0, 0.05) is 35.5 Å². The molecule has 1 aromatic carbocycles. The van der Waals surface area contributed by atoms with Crippen LogP contribution < -0.4 is 0 Å². The van der Waals surface area contributed by atoms with Crippen LogP contribution in [0.3, 0.4) is 0 Å². The van der Waals surface area contributed by atoms with Gasteiger partial charge < -0.3 is 28.4 Å². The molecule has 0 unspecified atom stereocenters. The van der Waals surface area contributed by atoms with Crippen LogP contribution in [-0.2, 0) is 47.6 Å². The molecule has 0 amide bonds. The molecule has 3 saturated heterocycles. The Morgan fingerprint density at radius 2 is 1.02 bits per heavy atom. The molecule has 0 aromatic heterocycles. The van der Waals surface area contributed by atoms with Crippen molar-refractivity contribution in [3.63, 3.8) is 0 Å². The Morgan fingerprint density at radius 1 is 0.600 bits per heavy atom. The molecule has 5 aliphatic carbocycles. The SMILES string of the molecule is COC(=O)[C@@]12O[C@@](C(=O)OC)([C@H]3[C@H]4C[C@@H]([C@H]31)[C@H]1[C@@H]4[C@]3(C(=O)OC)O[C@]13C(=O)OC)[C@H]1[C@@H]2[C@H]2C[C@@H]1c1ccccc12. The highest BCUT2D eigenvalue weighted by Crippen LogP contribution is 2.89. The molecular formula is C30H30O10. The van der Waals surface area contributed by atoms with E-state index in [9.17, 15) is 19.2 Å². The zero-order valence-electron chi connectivity index (χ0n) is 22.6. The summed E-state index contributed by atoms with van der Waals surface area (Å²) in [4.78, 5) is 54.6. The zero-order chi connectivity index (χ0) is 27.7. The summed E-state index contributed by atoms with van der Waals surface area (Å²) in [6.07, 6.45) is 1.48. The minimum Gasteiger partial charge on any atom is -0.467 e. The molecular weight excluding hydrogens is 520 g/mol. The lowest BCUT2D eigenvalue weighted by molar-refractivity contribution is -0.187. The van der Waals surface area contributed by atoms with Crippen molar-refractivity contribution in [2.75, 3.05) is 28.4 Å². The molecule has 6 bridgehead atoms. The zero-order valence-corrected chi connectivity index (χ0v) is 22.6. The van der Waals surface area contributed by atoms with E-state index < -0.39 is 46.3 Å². The second-order valence-corrected chi connectivity index (χ2v) is 13.0. The number of rotatable bonds is 4. The molecule has 0 radical (unpaired) electrons. The summed E-state index contributed by atoms with van der Waals surface area (Å²) in [5.74, 6) is -4.51. The summed E-state index contributed by atoms with van der Waals surface area (Å²) in [5.41, 5.74) is -3.22. The lowest BCUT2D eigenvalue weighted by Crippen LogP contribution is -2.71. The molecule has 14 atom stereocenters. The van der Waals surface area contributed by atoms with Crippen LogP contribution in [0, 0.1) is 47.3 Å². The molecule has 9 rings (SSSR count). The van der Waals surface area contributed by atoms with Gasteiger partial charge in [0.2, 0.25) is 11.2 Å². The van der Waals surface area contributed by atoms with Gasteiger partial charge >= 0.3 is 23.9 Å². The summed E-state index contributed by atoms with van der Waals surface area (Å²) >= 11 is 0. The first-order chi connectivity index (χ1) is 19.3. The van der Waals surface area contributed by atoms with Gasteiger partial charge in [0.1, 0.15) is 0 Å². The summed E-state index contributed by atoms with van der Waals surface area (Å²) in [5, 5.41) is 0. The molecule has 1 aromatic rings. The number of carbonyl (C=O) groups is 4. The van der Waals surface area contributed by atoms with Gasteiger partial charge in [-0.2, -0.15) is 0 Å². The number of ether oxygens (including phenoxy) is 6. The van der Waals surface area contributed by atoms with E-state index in [1.54, 1.807) is 0 Å².